The fourth-order valence-corrected chi connectivity index (χ4v) is 1.83. The van der Waals surface area contributed by atoms with E-state index in [1.165, 1.54) is 14.0 Å². The number of hydrogen-bond donors (Lipinski definition) is 1. The predicted octanol–water partition coefficient (Wildman–Crippen LogP) is 1.12. The van der Waals surface area contributed by atoms with E-state index in [0.717, 1.165) is 5.01 Å². The molecule has 1 aromatic carbocycles. The van der Waals surface area contributed by atoms with Crippen LogP contribution in [0.3, 0.4) is 0 Å². The smallest absolute Gasteiger partial charge is 0.322 e. The molecule has 0 aliphatic carbocycles. The van der Waals surface area contributed by atoms with E-state index in [0.29, 0.717) is 11.4 Å². The molecule has 1 aromatic rings. The summed E-state index contributed by atoms with van der Waals surface area (Å²) in [5, 5.41) is 14.1. The van der Waals surface area contributed by atoms with E-state index in [9.17, 15) is 9.59 Å². The molecule has 0 fully saturated rings. The van der Waals surface area contributed by atoms with Crippen molar-refractivity contribution < 1.29 is 19.4 Å². The molecule has 1 atom stereocenters. The minimum absolute atomic E-state index is 0.262. The summed E-state index contributed by atoms with van der Waals surface area (Å²) in [5.74, 6) is -2.52. The quantitative estimate of drug-likeness (QED) is 0.813. The summed E-state index contributed by atoms with van der Waals surface area (Å²) in [6, 6.07) is 6.82. The van der Waals surface area contributed by atoms with E-state index < -0.39 is 17.8 Å². The molecule has 6 nitrogen and oxygen atoms in total. The summed E-state index contributed by atoms with van der Waals surface area (Å²) < 4.78 is 5.13. The van der Waals surface area contributed by atoms with Crippen LogP contribution in [0.2, 0.25) is 0 Å². The number of para-hydroxylation sites is 2. The molecule has 0 spiro atoms. The van der Waals surface area contributed by atoms with Gasteiger partial charge in [0.05, 0.1) is 12.8 Å². The van der Waals surface area contributed by atoms with Crippen LogP contribution in [-0.4, -0.2) is 29.8 Å². The third-order valence-corrected chi connectivity index (χ3v) is 2.69. The first-order chi connectivity index (χ1) is 8.56. The zero-order chi connectivity index (χ0) is 13.3. The van der Waals surface area contributed by atoms with Crippen molar-refractivity contribution >= 4 is 23.3 Å². The number of carboxylic acids is 1. The number of benzene rings is 1. The highest BCUT2D eigenvalue weighted by Gasteiger charge is 2.40. The molecule has 1 amide bonds. The van der Waals surface area contributed by atoms with Gasteiger partial charge in [-0.15, -0.1) is 0 Å². The van der Waals surface area contributed by atoms with Gasteiger partial charge in [-0.1, -0.05) is 12.1 Å². The van der Waals surface area contributed by atoms with Crippen molar-refractivity contribution in [1.82, 2.24) is 0 Å². The van der Waals surface area contributed by atoms with Gasteiger partial charge >= 0.3 is 5.97 Å². The highest BCUT2D eigenvalue weighted by molar-refractivity contribution is 6.25. The Morgan fingerprint density at radius 3 is 2.67 bits per heavy atom. The molecule has 2 rings (SSSR count). The van der Waals surface area contributed by atoms with Crippen LogP contribution < -0.4 is 9.75 Å². The number of carbonyl (C=O) groups excluding carboxylic acids is 1. The van der Waals surface area contributed by atoms with E-state index in [4.69, 9.17) is 9.84 Å². The number of nitrogens with zero attached hydrogens (tertiary/aromatic N) is 2. The van der Waals surface area contributed by atoms with Crippen molar-refractivity contribution in [2.24, 2.45) is 11.0 Å². The number of hydrazone groups is 1. The first kappa shape index (κ1) is 12.1. The Bertz CT molecular complexity index is 539. The topological polar surface area (TPSA) is 79.2 Å². The van der Waals surface area contributed by atoms with Gasteiger partial charge in [0.15, 0.2) is 5.92 Å². The molecule has 94 valence electrons. The minimum Gasteiger partial charge on any atom is -0.494 e. The molecule has 1 aliphatic rings. The number of hydrogen-bond acceptors (Lipinski definition) is 4. The number of methoxy groups -OCH3 is 1. The summed E-state index contributed by atoms with van der Waals surface area (Å²) in [4.78, 5) is 23.0. The number of carboxylic acid groups (broad SMARTS) is 1. The van der Waals surface area contributed by atoms with E-state index >= 15 is 0 Å². The van der Waals surface area contributed by atoms with Crippen LogP contribution in [0.15, 0.2) is 29.4 Å². The molecule has 1 unspecified atom stereocenters. The second-order valence-corrected chi connectivity index (χ2v) is 3.83. The van der Waals surface area contributed by atoms with Crippen molar-refractivity contribution in [3.8, 4) is 5.75 Å². The lowest BCUT2D eigenvalue weighted by atomic mass is 10.1. The van der Waals surface area contributed by atoms with Crippen LogP contribution in [0.25, 0.3) is 0 Å². The fourth-order valence-electron chi connectivity index (χ4n) is 1.83. The Labute approximate surface area is 103 Å². The number of rotatable bonds is 3. The molecular weight excluding hydrogens is 236 g/mol. The molecule has 0 bridgehead atoms. The largest absolute Gasteiger partial charge is 0.494 e. The van der Waals surface area contributed by atoms with Gasteiger partial charge in [0.1, 0.15) is 11.4 Å². The van der Waals surface area contributed by atoms with Crippen LogP contribution in [0.1, 0.15) is 6.92 Å². The molecular formula is C12H12N2O4. The van der Waals surface area contributed by atoms with Crippen molar-refractivity contribution in [1.29, 1.82) is 0 Å². The molecule has 18 heavy (non-hydrogen) atoms. The Balaban J connectivity index is 2.42. The zero-order valence-corrected chi connectivity index (χ0v) is 9.95. The minimum atomic E-state index is -1.21. The standard InChI is InChI=1S/C12H12N2O4/c1-7-10(12(16)17)11(15)14(13-7)8-5-3-4-6-9(8)18-2/h3-6,10H,1-2H3,(H,16,17). The molecule has 6 heteroatoms. The van der Waals surface area contributed by atoms with Gasteiger partial charge in [-0.05, 0) is 19.1 Å². The maximum atomic E-state index is 12.0. The number of amides is 1. The third-order valence-electron chi connectivity index (χ3n) is 2.69. The number of anilines is 1. The molecule has 0 aromatic heterocycles. The van der Waals surface area contributed by atoms with Crippen LogP contribution in [-0.2, 0) is 9.59 Å². The zero-order valence-electron chi connectivity index (χ0n) is 9.95. The second kappa shape index (κ2) is 4.48. The Hall–Kier alpha value is -2.37. The van der Waals surface area contributed by atoms with E-state index in [1.54, 1.807) is 24.3 Å². The van der Waals surface area contributed by atoms with Gasteiger partial charge in [-0.25, -0.2) is 0 Å². The average molecular weight is 248 g/mol. The number of carbonyl (C=O) groups is 2. The first-order valence-electron chi connectivity index (χ1n) is 5.31. The van der Waals surface area contributed by atoms with Gasteiger partial charge in [0.2, 0.25) is 0 Å². The molecule has 0 saturated carbocycles. The van der Waals surface area contributed by atoms with Crippen LogP contribution in [0, 0.1) is 5.92 Å². The van der Waals surface area contributed by atoms with Crippen LogP contribution >= 0.6 is 0 Å². The van der Waals surface area contributed by atoms with E-state index in [-0.39, 0.29) is 5.71 Å². The number of ether oxygens (including phenoxy) is 1. The summed E-state index contributed by atoms with van der Waals surface area (Å²) in [6.07, 6.45) is 0. The Morgan fingerprint density at radius 2 is 2.11 bits per heavy atom. The van der Waals surface area contributed by atoms with Crippen molar-refractivity contribution in [3.05, 3.63) is 24.3 Å². The number of aliphatic carboxylic acids is 1. The SMILES string of the molecule is COc1ccccc1N1N=C(C)C(C(=O)O)C1=O. The second-order valence-electron chi connectivity index (χ2n) is 3.83. The Morgan fingerprint density at radius 1 is 1.44 bits per heavy atom. The monoisotopic (exact) mass is 248 g/mol. The Kier molecular flexibility index (Phi) is 3.01. The lowest BCUT2D eigenvalue weighted by molar-refractivity contribution is -0.142. The van der Waals surface area contributed by atoms with Gasteiger partial charge in [0, 0.05) is 0 Å². The van der Waals surface area contributed by atoms with E-state index in [2.05, 4.69) is 5.10 Å². The maximum Gasteiger partial charge on any atom is 0.322 e. The summed E-state index contributed by atoms with van der Waals surface area (Å²) >= 11 is 0. The predicted molar refractivity (Wildman–Crippen MR) is 64.7 cm³/mol. The molecule has 0 saturated heterocycles. The van der Waals surface area contributed by atoms with E-state index in [1.807, 2.05) is 0 Å². The van der Waals surface area contributed by atoms with Crippen molar-refractivity contribution in [2.75, 3.05) is 12.1 Å². The average Bonchev–Trinajstić information content (AvgIpc) is 2.64. The van der Waals surface area contributed by atoms with Crippen LogP contribution in [0.5, 0.6) is 5.75 Å². The van der Waals surface area contributed by atoms with Gasteiger partial charge < -0.3 is 9.84 Å². The van der Waals surface area contributed by atoms with Crippen molar-refractivity contribution in [2.45, 2.75) is 6.92 Å². The van der Waals surface area contributed by atoms with Gasteiger partial charge in [-0.3, -0.25) is 9.59 Å². The van der Waals surface area contributed by atoms with Gasteiger partial charge in [-0.2, -0.15) is 10.1 Å². The lowest BCUT2D eigenvalue weighted by Crippen LogP contribution is -2.32. The highest BCUT2D eigenvalue weighted by Crippen LogP contribution is 2.32. The summed E-state index contributed by atoms with van der Waals surface area (Å²) in [7, 11) is 1.48. The maximum absolute atomic E-state index is 12.0. The van der Waals surface area contributed by atoms with Crippen molar-refractivity contribution in [3.63, 3.8) is 0 Å². The first-order valence-corrected chi connectivity index (χ1v) is 5.31. The lowest BCUT2D eigenvalue weighted by Gasteiger charge is -2.15. The molecule has 0 radical (unpaired) electrons. The van der Waals surface area contributed by atoms with Gasteiger partial charge in [0.25, 0.3) is 5.91 Å². The van der Waals surface area contributed by atoms with Crippen LogP contribution in [0.4, 0.5) is 5.69 Å². The fraction of sp³-hybridized carbons (Fsp3) is 0.250. The molecule has 1 N–H and O–H groups in total. The summed E-state index contributed by atoms with van der Waals surface area (Å²) in [6.45, 7) is 1.52. The third kappa shape index (κ3) is 1.81. The molecule has 1 aliphatic heterocycles. The molecule has 1 heterocycles. The normalized spacial score (nSPS) is 18.8. The highest BCUT2D eigenvalue weighted by atomic mass is 16.5. The summed E-state index contributed by atoms with van der Waals surface area (Å²) in [5.41, 5.74) is 0.700.